The quantitative estimate of drug-likeness (QED) is 0.695. The first-order valence-corrected chi connectivity index (χ1v) is 7.94. The molecule has 3 aromatic rings. The predicted molar refractivity (Wildman–Crippen MR) is 86.6 cm³/mol. The molecule has 0 atom stereocenters. The van der Waals surface area contributed by atoms with Crippen LogP contribution < -0.4 is 5.32 Å². The molecule has 0 fully saturated rings. The predicted octanol–water partition coefficient (Wildman–Crippen LogP) is 4.58. The minimum absolute atomic E-state index is 0.985. The number of thiazole rings is 1. The van der Waals surface area contributed by atoms with Crippen LogP contribution in [0.1, 0.15) is 25.3 Å². The lowest BCUT2D eigenvalue weighted by Gasteiger charge is -2.07. The Morgan fingerprint density at radius 3 is 2.80 bits per heavy atom. The largest absolute Gasteiger partial charge is 0.369 e. The summed E-state index contributed by atoms with van der Waals surface area (Å²) in [5.41, 5.74) is 3.49. The van der Waals surface area contributed by atoms with Crippen molar-refractivity contribution in [3.8, 4) is 11.3 Å². The zero-order valence-electron chi connectivity index (χ0n) is 11.9. The van der Waals surface area contributed by atoms with Gasteiger partial charge in [-0.2, -0.15) is 0 Å². The van der Waals surface area contributed by atoms with E-state index in [2.05, 4.69) is 59.4 Å². The first kappa shape index (κ1) is 13.2. The molecule has 4 heteroatoms. The number of rotatable bonds is 5. The zero-order chi connectivity index (χ0) is 13.9. The molecule has 0 unspecified atom stereocenters. The van der Waals surface area contributed by atoms with Gasteiger partial charge in [-0.05, 0) is 13.3 Å². The van der Waals surface area contributed by atoms with Crippen LogP contribution >= 0.6 is 11.3 Å². The first-order chi connectivity index (χ1) is 9.79. The van der Waals surface area contributed by atoms with E-state index in [1.54, 1.807) is 11.3 Å². The molecule has 3 nitrogen and oxygen atoms in total. The van der Waals surface area contributed by atoms with Crippen molar-refractivity contribution >= 4 is 22.1 Å². The van der Waals surface area contributed by atoms with Gasteiger partial charge in [0, 0.05) is 23.7 Å². The van der Waals surface area contributed by atoms with E-state index in [0.717, 1.165) is 23.0 Å². The van der Waals surface area contributed by atoms with Gasteiger partial charge in [-0.1, -0.05) is 43.2 Å². The number of nitrogens with one attached hydrogen (secondary N) is 1. The van der Waals surface area contributed by atoms with Gasteiger partial charge in [0.15, 0.2) is 4.96 Å². The van der Waals surface area contributed by atoms with Crippen molar-refractivity contribution in [2.75, 3.05) is 11.9 Å². The van der Waals surface area contributed by atoms with Crippen molar-refractivity contribution in [2.45, 2.75) is 26.7 Å². The third kappa shape index (κ3) is 2.43. The fourth-order valence-corrected chi connectivity index (χ4v) is 2.96. The van der Waals surface area contributed by atoms with Crippen molar-refractivity contribution in [1.82, 2.24) is 9.38 Å². The maximum absolute atomic E-state index is 4.77. The molecule has 0 aliphatic carbocycles. The van der Waals surface area contributed by atoms with Crippen LogP contribution in [-0.4, -0.2) is 15.9 Å². The average Bonchev–Trinajstić information content (AvgIpc) is 3.02. The molecule has 2 aromatic heterocycles. The van der Waals surface area contributed by atoms with Crippen LogP contribution in [0, 0.1) is 6.92 Å². The highest BCUT2D eigenvalue weighted by Gasteiger charge is 2.14. The first-order valence-electron chi connectivity index (χ1n) is 7.06. The highest BCUT2D eigenvalue weighted by atomic mass is 32.1. The van der Waals surface area contributed by atoms with Crippen molar-refractivity contribution < 1.29 is 0 Å². The van der Waals surface area contributed by atoms with Gasteiger partial charge in [0.2, 0.25) is 0 Å². The summed E-state index contributed by atoms with van der Waals surface area (Å²) < 4.78 is 2.15. The lowest BCUT2D eigenvalue weighted by atomic mass is 10.1. The van der Waals surface area contributed by atoms with Gasteiger partial charge in [-0.3, -0.25) is 4.40 Å². The molecular weight excluding hydrogens is 266 g/mol. The Kier molecular flexibility index (Phi) is 3.74. The highest BCUT2D eigenvalue weighted by Crippen LogP contribution is 2.30. The molecule has 0 saturated heterocycles. The third-order valence-corrected chi connectivity index (χ3v) is 4.17. The molecule has 0 spiro atoms. The van der Waals surface area contributed by atoms with Gasteiger partial charge < -0.3 is 5.32 Å². The summed E-state index contributed by atoms with van der Waals surface area (Å²) in [5.74, 6) is 1.11. The Bertz CT molecular complexity index is 694. The number of hydrogen-bond donors (Lipinski definition) is 1. The van der Waals surface area contributed by atoms with Crippen LogP contribution in [0.3, 0.4) is 0 Å². The second-order valence-corrected chi connectivity index (χ2v) is 5.88. The second-order valence-electron chi connectivity index (χ2n) is 5.01. The Labute approximate surface area is 123 Å². The van der Waals surface area contributed by atoms with E-state index in [1.165, 1.54) is 24.0 Å². The van der Waals surface area contributed by atoms with Gasteiger partial charge in [-0.15, -0.1) is 11.3 Å². The monoisotopic (exact) mass is 285 g/mol. The van der Waals surface area contributed by atoms with Crippen LogP contribution in [0.25, 0.3) is 16.2 Å². The highest BCUT2D eigenvalue weighted by molar-refractivity contribution is 7.15. The smallest absolute Gasteiger partial charge is 0.195 e. The molecule has 1 N–H and O–H groups in total. The van der Waals surface area contributed by atoms with E-state index >= 15 is 0 Å². The van der Waals surface area contributed by atoms with E-state index in [4.69, 9.17) is 4.98 Å². The van der Waals surface area contributed by atoms with Crippen LogP contribution in [0.4, 0.5) is 5.82 Å². The number of fused-ring (bicyclic) bond motifs is 1. The van der Waals surface area contributed by atoms with Gasteiger partial charge in [0.1, 0.15) is 11.5 Å². The normalized spacial score (nSPS) is 11.1. The molecule has 0 aliphatic rings. The lowest BCUT2D eigenvalue weighted by molar-refractivity contribution is 0.830. The summed E-state index contributed by atoms with van der Waals surface area (Å²) in [5, 5.41) is 5.62. The second kappa shape index (κ2) is 5.67. The summed E-state index contributed by atoms with van der Waals surface area (Å²) in [6.45, 7) is 5.30. The van der Waals surface area contributed by atoms with E-state index in [1.807, 2.05) is 0 Å². The SMILES string of the molecule is CCCCNc1c(-c2ccc(C)cc2)nc2sccn12. The Hall–Kier alpha value is -1.81. The van der Waals surface area contributed by atoms with Crippen molar-refractivity contribution in [3.63, 3.8) is 0 Å². The van der Waals surface area contributed by atoms with Crippen LogP contribution in [0.2, 0.25) is 0 Å². The van der Waals surface area contributed by atoms with E-state index in [9.17, 15) is 0 Å². The number of nitrogens with zero attached hydrogens (tertiary/aromatic N) is 2. The van der Waals surface area contributed by atoms with Crippen molar-refractivity contribution in [1.29, 1.82) is 0 Å². The summed E-state index contributed by atoms with van der Waals surface area (Å²) in [7, 11) is 0. The molecule has 0 aliphatic heterocycles. The summed E-state index contributed by atoms with van der Waals surface area (Å²) >= 11 is 1.67. The molecule has 1 aromatic carbocycles. The number of aromatic nitrogens is 2. The number of anilines is 1. The number of imidazole rings is 1. The molecule has 0 amide bonds. The molecular formula is C16H19N3S. The number of benzene rings is 1. The molecule has 20 heavy (non-hydrogen) atoms. The number of aryl methyl sites for hydroxylation is 1. The minimum atomic E-state index is 0.985. The molecule has 0 radical (unpaired) electrons. The van der Waals surface area contributed by atoms with Crippen LogP contribution in [-0.2, 0) is 0 Å². The molecule has 104 valence electrons. The number of unbranched alkanes of at least 4 members (excludes halogenated alkanes) is 1. The average molecular weight is 285 g/mol. The maximum Gasteiger partial charge on any atom is 0.195 e. The lowest BCUT2D eigenvalue weighted by Crippen LogP contribution is -2.04. The summed E-state index contributed by atoms with van der Waals surface area (Å²) in [6, 6.07) is 8.57. The Balaban J connectivity index is 2.02. The Morgan fingerprint density at radius 2 is 2.05 bits per heavy atom. The third-order valence-electron chi connectivity index (χ3n) is 3.41. The standard InChI is InChI=1S/C16H19N3S/c1-3-4-9-17-15-14(13-7-5-12(2)6-8-13)18-16-19(15)10-11-20-16/h5-8,10-11,17H,3-4,9H2,1-2H3. The van der Waals surface area contributed by atoms with Crippen molar-refractivity contribution in [3.05, 3.63) is 41.4 Å². The Morgan fingerprint density at radius 1 is 1.25 bits per heavy atom. The molecule has 3 rings (SSSR count). The maximum atomic E-state index is 4.77. The zero-order valence-corrected chi connectivity index (χ0v) is 12.7. The molecule has 0 bridgehead atoms. The van der Waals surface area contributed by atoms with E-state index in [0.29, 0.717) is 0 Å². The number of hydrogen-bond acceptors (Lipinski definition) is 3. The van der Waals surface area contributed by atoms with Gasteiger partial charge in [0.05, 0.1) is 0 Å². The van der Waals surface area contributed by atoms with Crippen LogP contribution in [0.15, 0.2) is 35.8 Å². The van der Waals surface area contributed by atoms with Gasteiger partial charge in [0.25, 0.3) is 0 Å². The van der Waals surface area contributed by atoms with E-state index in [-0.39, 0.29) is 0 Å². The summed E-state index contributed by atoms with van der Waals surface area (Å²) in [4.78, 5) is 5.81. The van der Waals surface area contributed by atoms with Gasteiger partial charge >= 0.3 is 0 Å². The van der Waals surface area contributed by atoms with Crippen molar-refractivity contribution in [2.24, 2.45) is 0 Å². The molecule has 2 heterocycles. The van der Waals surface area contributed by atoms with Crippen LogP contribution in [0.5, 0.6) is 0 Å². The minimum Gasteiger partial charge on any atom is -0.369 e. The van der Waals surface area contributed by atoms with Gasteiger partial charge in [-0.25, -0.2) is 4.98 Å². The molecule has 0 saturated carbocycles. The summed E-state index contributed by atoms with van der Waals surface area (Å²) in [6.07, 6.45) is 4.45. The fourth-order valence-electron chi connectivity index (χ4n) is 2.25. The van der Waals surface area contributed by atoms with E-state index < -0.39 is 0 Å². The fraction of sp³-hybridized carbons (Fsp3) is 0.312. The topological polar surface area (TPSA) is 29.3 Å².